The first-order valence-electron chi connectivity index (χ1n) is 9.54. The summed E-state index contributed by atoms with van der Waals surface area (Å²) < 4.78 is 19.7. The Bertz CT molecular complexity index is 626. The lowest BCUT2D eigenvalue weighted by Crippen LogP contribution is -2.56. The Kier molecular flexibility index (Phi) is 4.97. The third-order valence-corrected chi connectivity index (χ3v) is 7.55. The second-order valence-corrected chi connectivity index (χ2v) is 9.22. The van der Waals surface area contributed by atoms with Crippen molar-refractivity contribution >= 4 is 14.0 Å². The van der Waals surface area contributed by atoms with Crippen LogP contribution < -0.4 is 5.19 Å². The Balaban J connectivity index is 1.71. The summed E-state index contributed by atoms with van der Waals surface area (Å²) in [6.45, 7) is 0. The molecular weight excluding hydrogens is 328 g/mol. The summed E-state index contributed by atoms with van der Waals surface area (Å²) in [6, 6.07) is 10.3. The normalized spacial score (nSPS) is 20.1. The van der Waals surface area contributed by atoms with Crippen LogP contribution in [0.5, 0.6) is 0 Å². The van der Waals surface area contributed by atoms with Crippen molar-refractivity contribution in [2.24, 2.45) is 0 Å². The van der Waals surface area contributed by atoms with Crippen LogP contribution in [0.15, 0.2) is 65.8 Å². The zero-order valence-corrected chi connectivity index (χ0v) is 15.7. The van der Waals surface area contributed by atoms with E-state index in [4.69, 9.17) is 13.3 Å². The van der Waals surface area contributed by atoms with Gasteiger partial charge in [-0.2, -0.15) is 0 Å². The Morgan fingerprint density at radius 1 is 0.600 bits per heavy atom. The highest BCUT2D eigenvalue weighted by atomic mass is 28.4. The first kappa shape index (κ1) is 16.5. The molecule has 0 bridgehead atoms. The average molecular weight is 355 g/mol. The molecule has 0 saturated carbocycles. The molecule has 0 amide bonds. The van der Waals surface area contributed by atoms with E-state index in [1.807, 2.05) is 18.2 Å². The highest BCUT2D eigenvalue weighted by Crippen LogP contribution is 2.32. The van der Waals surface area contributed by atoms with E-state index < -0.39 is 8.80 Å². The van der Waals surface area contributed by atoms with Gasteiger partial charge in [-0.05, 0) is 56.8 Å². The van der Waals surface area contributed by atoms with E-state index in [1.54, 1.807) is 0 Å². The molecule has 3 nitrogen and oxygen atoms in total. The molecule has 0 unspecified atom stereocenters. The minimum atomic E-state index is -3.07. The number of hydrogen-bond acceptors (Lipinski definition) is 3. The SMILES string of the molecule is C1=C(O[Si](OC2=CCCC2)(OC2=CCCC2)c2ccccc2)CCC1. The largest absolute Gasteiger partial charge is 0.736 e. The molecule has 0 heterocycles. The Labute approximate surface area is 151 Å². The van der Waals surface area contributed by atoms with Gasteiger partial charge in [-0.25, -0.2) is 0 Å². The van der Waals surface area contributed by atoms with Gasteiger partial charge in [0, 0.05) is 19.3 Å². The summed E-state index contributed by atoms with van der Waals surface area (Å²) >= 11 is 0. The smallest absolute Gasteiger partial charge is 0.484 e. The van der Waals surface area contributed by atoms with E-state index in [-0.39, 0.29) is 0 Å². The van der Waals surface area contributed by atoms with E-state index in [0.717, 1.165) is 80.3 Å². The zero-order chi connectivity index (χ0) is 17.0. The van der Waals surface area contributed by atoms with Gasteiger partial charge >= 0.3 is 8.80 Å². The Morgan fingerprint density at radius 2 is 1.04 bits per heavy atom. The first-order chi connectivity index (χ1) is 12.3. The third-order valence-electron chi connectivity index (χ3n) is 4.92. The molecule has 25 heavy (non-hydrogen) atoms. The van der Waals surface area contributed by atoms with Gasteiger partial charge in [0.15, 0.2) is 0 Å². The van der Waals surface area contributed by atoms with Crippen molar-refractivity contribution in [1.29, 1.82) is 0 Å². The van der Waals surface area contributed by atoms with Gasteiger partial charge in [-0.1, -0.05) is 30.3 Å². The lowest BCUT2D eigenvalue weighted by molar-refractivity contribution is 0.151. The predicted molar refractivity (Wildman–Crippen MR) is 101 cm³/mol. The molecule has 1 aromatic rings. The van der Waals surface area contributed by atoms with Crippen molar-refractivity contribution in [2.45, 2.75) is 57.8 Å². The van der Waals surface area contributed by atoms with Gasteiger partial charge in [0.05, 0.1) is 22.5 Å². The molecule has 1 aromatic carbocycles. The molecule has 0 radical (unpaired) electrons. The zero-order valence-electron chi connectivity index (χ0n) is 14.7. The molecule has 0 aromatic heterocycles. The molecule has 0 aliphatic heterocycles. The number of hydrogen-bond donors (Lipinski definition) is 0. The van der Waals surface area contributed by atoms with Crippen molar-refractivity contribution < 1.29 is 13.3 Å². The third kappa shape index (κ3) is 3.84. The van der Waals surface area contributed by atoms with Gasteiger partial charge < -0.3 is 13.3 Å². The summed E-state index contributed by atoms with van der Waals surface area (Å²) in [4.78, 5) is 0. The van der Waals surface area contributed by atoms with Crippen molar-refractivity contribution in [3.8, 4) is 0 Å². The van der Waals surface area contributed by atoms with Crippen molar-refractivity contribution in [2.75, 3.05) is 0 Å². The minimum absolute atomic E-state index is 0.979. The molecule has 0 fully saturated rings. The van der Waals surface area contributed by atoms with Gasteiger partial charge in [-0.3, -0.25) is 0 Å². The summed E-state index contributed by atoms with van der Waals surface area (Å²) in [5, 5.41) is 1.04. The number of allylic oxidation sites excluding steroid dienone is 6. The van der Waals surface area contributed by atoms with Gasteiger partial charge in [0.25, 0.3) is 0 Å². The summed E-state index contributed by atoms with van der Waals surface area (Å²) in [7, 11) is -3.07. The first-order valence-corrected chi connectivity index (χ1v) is 11.3. The van der Waals surface area contributed by atoms with E-state index in [2.05, 4.69) is 30.4 Å². The van der Waals surface area contributed by atoms with Crippen LogP contribution in [0, 0.1) is 0 Å². The van der Waals surface area contributed by atoms with Crippen LogP contribution in [-0.4, -0.2) is 8.80 Å². The molecule has 4 rings (SSSR count). The maximum Gasteiger partial charge on any atom is 0.736 e. The number of rotatable bonds is 7. The van der Waals surface area contributed by atoms with E-state index in [9.17, 15) is 0 Å². The second-order valence-electron chi connectivity index (χ2n) is 6.92. The predicted octanol–water partition coefficient (Wildman–Crippen LogP) is 5.09. The summed E-state index contributed by atoms with van der Waals surface area (Å²) in [5.41, 5.74) is 0. The molecule has 3 aliphatic carbocycles. The molecule has 0 spiro atoms. The molecule has 0 saturated heterocycles. The highest BCUT2D eigenvalue weighted by molar-refractivity contribution is 6.76. The highest BCUT2D eigenvalue weighted by Gasteiger charge is 2.53. The molecule has 0 N–H and O–H groups in total. The van der Waals surface area contributed by atoms with Crippen LogP contribution in [0.25, 0.3) is 0 Å². The van der Waals surface area contributed by atoms with E-state index in [1.165, 1.54) is 0 Å². The number of benzene rings is 1. The topological polar surface area (TPSA) is 27.7 Å². The van der Waals surface area contributed by atoms with Gasteiger partial charge in [0.1, 0.15) is 0 Å². The van der Waals surface area contributed by atoms with Gasteiger partial charge in [-0.15, -0.1) is 0 Å². The second kappa shape index (κ2) is 7.52. The van der Waals surface area contributed by atoms with Crippen LogP contribution in [-0.2, 0) is 13.3 Å². The van der Waals surface area contributed by atoms with Crippen LogP contribution in [0.2, 0.25) is 0 Å². The minimum Gasteiger partial charge on any atom is -0.484 e. The van der Waals surface area contributed by atoms with Crippen LogP contribution in [0.4, 0.5) is 0 Å². The monoisotopic (exact) mass is 354 g/mol. The van der Waals surface area contributed by atoms with Crippen molar-refractivity contribution in [3.05, 3.63) is 65.8 Å². The van der Waals surface area contributed by atoms with Gasteiger partial charge in [0.2, 0.25) is 0 Å². The fraction of sp³-hybridized carbons (Fsp3) is 0.429. The Hall–Kier alpha value is -1.94. The van der Waals surface area contributed by atoms with Crippen molar-refractivity contribution in [1.82, 2.24) is 0 Å². The van der Waals surface area contributed by atoms with Crippen LogP contribution in [0.1, 0.15) is 57.8 Å². The fourth-order valence-electron chi connectivity index (χ4n) is 3.60. The summed E-state index contributed by atoms with van der Waals surface area (Å²) in [5.74, 6) is 3.10. The quantitative estimate of drug-likeness (QED) is 0.639. The molecule has 0 atom stereocenters. The maximum atomic E-state index is 6.58. The summed E-state index contributed by atoms with van der Waals surface area (Å²) in [6.07, 6.45) is 16.2. The lowest BCUT2D eigenvalue weighted by Gasteiger charge is -2.32. The molecular formula is C21H26O3Si. The Morgan fingerprint density at radius 3 is 1.40 bits per heavy atom. The molecule has 4 heteroatoms. The molecule has 3 aliphatic rings. The standard InChI is InChI=1S/C21H26O3Si/c1-2-16-21(17-3-1)25(22-18-10-4-5-11-18,23-19-12-6-7-13-19)24-20-14-8-9-15-20/h1-3,10,12,14,16-17H,4-9,11,13,15H2. The van der Waals surface area contributed by atoms with Crippen LogP contribution in [0.3, 0.4) is 0 Å². The van der Waals surface area contributed by atoms with E-state index >= 15 is 0 Å². The van der Waals surface area contributed by atoms with E-state index in [0.29, 0.717) is 0 Å². The average Bonchev–Trinajstić information content (AvgIpc) is 3.39. The van der Waals surface area contributed by atoms with Crippen LogP contribution >= 0.6 is 0 Å². The fourth-order valence-corrected chi connectivity index (χ4v) is 6.27. The molecule has 132 valence electrons. The van der Waals surface area contributed by atoms with Crippen molar-refractivity contribution in [3.63, 3.8) is 0 Å². The lowest BCUT2D eigenvalue weighted by atomic mass is 10.4. The maximum absolute atomic E-state index is 6.58.